The van der Waals surface area contributed by atoms with E-state index < -0.39 is 18.0 Å². The first-order chi connectivity index (χ1) is 8.50. The number of rotatable bonds is 3. The topological polar surface area (TPSA) is 22.0 Å². The maximum absolute atomic E-state index is 14.0. The Balaban J connectivity index is 2.34. The smallest absolute Gasteiger partial charge is 0.290 e. The van der Waals surface area contributed by atoms with Crippen LogP contribution in [0.2, 0.25) is 0 Å². The maximum Gasteiger partial charge on any atom is 0.290 e. The number of aromatic nitrogens is 1. The molecule has 0 spiro atoms. The molecule has 1 heterocycles. The van der Waals surface area contributed by atoms with E-state index in [4.69, 9.17) is 0 Å². The summed E-state index contributed by atoms with van der Waals surface area (Å²) < 4.78 is 29.4. The predicted molar refractivity (Wildman–Crippen MR) is 73.8 cm³/mol. The average molecular weight is 361 g/mol. The van der Waals surface area contributed by atoms with Crippen molar-refractivity contribution in [2.75, 3.05) is 0 Å². The number of benzene rings is 1. The Hall–Kier alpha value is -1.24. The molecule has 0 aliphatic carbocycles. The molecule has 0 unspecified atom stereocenters. The highest BCUT2D eigenvalue weighted by Crippen LogP contribution is 2.29. The van der Waals surface area contributed by atoms with Crippen molar-refractivity contribution in [3.63, 3.8) is 0 Å². The lowest BCUT2D eigenvalue weighted by atomic mass is 10.1. The van der Waals surface area contributed by atoms with E-state index in [0.29, 0.717) is 3.57 Å². The Morgan fingerprint density at radius 2 is 1.78 bits per heavy atom. The minimum atomic E-state index is -3.06. The summed E-state index contributed by atoms with van der Waals surface area (Å²) in [7, 11) is 0. The van der Waals surface area contributed by atoms with Gasteiger partial charge >= 0.3 is 0 Å². The summed E-state index contributed by atoms with van der Waals surface area (Å²) in [5.74, 6) is -3.06. The van der Waals surface area contributed by atoms with E-state index in [1.807, 2.05) is 22.6 Å². The number of hydrogen-bond donors (Lipinski definition) is 0. The normalized spacial score (nSPS) is 11.5. The second-order valence-corrected chi connectivity index (χ2v) is 5.02. The fourth-order valence-corrected chi connectivity index (χ4v) is 2.14. The summed E-state index contributed by atoms with van der Waals surface area (Å²) in [6, 6.07) is 10.7. The van der Waals surface area contributed by atoms with Gasteiger partial charge in [0.15, 0.2) is 0 Å². The molecule has 0 radical (unpaired) electrons. The highest BCUT2D eigenvalue weighted by Gasteiger charge is 2.32. The standard InChI is InChI=1S/C13H10F2INO/c14-13(15,10-5-2-1-3-6-10)9-17-8-4-7-11(16)12(17)18/h1-8H,9H2. The van der Waals surface area contributed by atoms with Gasteiger partial charge in [-0.3, -0.25) is 4.79 Å². The lowest BCUT2D eigenvalue weighted by Crippen LogP contribution is -2.30. The Bertz CT molecular complexity index is 595. The Kier molecular flexibility index (Phi) is 3.79. The third-order valence-corrected chi connectivity index (χ3v) is 3.36. The molecule has 0 N–H and O–H groups in total. The first kappa shape index (κ1) is 13.2. The summed E-state index contributed by atoms with van der Waals surface area (Å²) in [6.45, 7) is -0.646. The van der Waals surface area contributed by atoms with Crippen LogP contribution >= 0.6 is 22.6 Å². The SMILES string of the molecule is O=c1c(I)cccn1CC(F)(F)c1ccccc1. The van der Waals surface area contributed by atoms with Gasteiger partial charge in [0.2, 0.25) is 0 Å². The van der Waals surface area contributed by atoms with Gasteiger partial charge in [-0.25, -0.2) is 0 Å². The van der Waals surface area contributed by atoms with Crippen molar-refractivity contribution >= 4 is 22.6 Å². The monoisotopic (exact) mass is 361 g/mol. The maximum atomic E-state index is 14.0. The van der Waals surface area contributed by atoms with E-state index >= 15 is 0 Å². The van der Waals surface area contributed by atoms with Crippen molar-refractivity contribution in [3.8, 4) is 0 Å². The van der Waals surface area contributed by atoms with Crippen LogP contribution in [0, 0.1) is 3.57 Å². The predicted octanol–water partition coefficient (Wildman–Crippen LogP) is 3.24. The Morgan fingerprint density at radius 1 is 1.11 bits per heavy atom. The van der Waals surface area contributed by atoms with E-state index in [1.165, 1.54) is 18.3 Å². The van der Waals surface area contributed by atoms with Crippen molar-refractivity contribution in [3.05, 3.63) is 68.1 Å². The third kappa shape index (κ3) is 2.77. The molecule has 0 fully saturated rings. The molecule has 0 atom stereocenters. The zero-order chi connectivity index (χ0) is 13.2. The molecule has 0 aliphatic heterocycles. The van der Waals surface area contributed by atoms with Crippen molar-refractivity contribution < 1.29 is 8.78 Å². The van der Waals surface area contributed by atoms with Gasteiger partial charge in [-0.1, -0.05) is 30.3 Å². The average Bonchev–Trinajstić information content (AvgIpc) is 2.36. The van der Waals surface area contributed by atoms with E-state index in [1.54, 1.807) is 30.3 Å². The van der Waals surface area contributed by atoms with Gasteiger partial charge in [0, 0.05) is 11.8 Å². The van der Waals surface area contributed by atoms with Gasteiger partial charge in [0.05, 0.1) is 10.1 Å². The minimum absolute atomic E-state index is 0.0873. The molecule has 0 saturated carbocycles. The molecule has 0 saturated heterocycles. The molecule has 0 amide bonds. The van der Waals surface area contributed by atoms with Crippen LogP contribution < -0.4 is 5.56 Å². The fraction of sp³-hybridized carbons (Fsp3) is 0.154. The number of nitrogens with zero attached hydrogens (tertiary/aromatic N) is 1. The number of alkyl halides is 2. The zero-order valence-electron chi connectivity index (χ0n) is 9.32. The van der Waals surface area contributed by atoms with Crippen LogP contribution in [0.3, 0.4) is 0 Å². The van der Waals surface area contributed by atoms with Gasteiger partial charge in [-0.2, -0.15) is 8.78 Å². The Morgan fingerprint density at radius 3 is 2.44 bits per heavy atom. The quantitative estimate of drug-likeness (QED) is 0.770. The van der Waals surface area contributed by atoms with Crippen LogP contribution in [0.5, 0.6) is 0 Å². The molecule has 2 nitrogen and oxygen atoms in total. The first-order valence-electron chi connectivity index (χ1n) is 5.29. The van der Waals surface area contributed by atoms with Crippen LogP contribution in [-0.4, -0.2) is 4.57 Å². The van der Waals surface area contributed by atoms with Crippen molar-refractivity contribution in [1.82, 2.24) is 4.57 Å². The van der Waals surface area contributed by atoms with Crippen molar-refractivity contribution in [2.45, 2.75) is 12.5 Å². The molecular formula is C13H10F2INO. The van der Waals surface area contributed by atoms with E-state index in [2.05, 4.69) is 0 Å². The molecular weight excluding hydrogens is 351 g/mol. The molecule has 0 aliphatic rings. The number of pyridine rings is 1. The Labute approximate surface area is 116 Å². The lowest BCUT2D eigenvalue weighted by Gasteiger charge is -2.18. The second-order valence-electron chi connectivity index (χ2n) is 3.86. The van der Waals surface area contributed by atoms with E-state index in [-0.39, 0.29) is 5.56 Å². The van der Waals surface area contributed by atoms with E-state index in [0.717, 1.165) is 4.57 Å². The van der Waals surface area contributed by atoms with Gasteiger partial charge < -0.3 is 4.57 Å². The van der Waals surface area contributed by atoms with Crippen LogP contribution in [0.1, 0.15) is 5.56 Å². The summed E-state index contributed by atoms with van der Waals surface area (Å²) in [5, 5.41) is 0. The second kappa shape index (κ2) is 5.17. The van der Waals surface area contributed by atoms with Gasteiger partial charge in [-0.15, -0.1) is 0 Å². The van der Waals surface area contributed by atoms with Crippen molar-refractivity contribution in [2.24, 2.45) is 0 Å². The molecule has 94 valence electrons. The van der Waals surface area contributed by atoms with Crippen LogP contribution in [-0.2, 0) is 12.5 Å². The highest BCUT2D eigenvalue weighted by atomic mass is 127. The fourth-order valence-electron chi connectivity index (χ4n) is 1.62. The van der Waals surface area contributed by atoms with E-state index in [9.17, 15) is 13.6 Å². The molecule has 1 aromatic carbocycles. The van der Waals surface area contributed by atoms with Gasteiger partial charge in [0.1, 0.15) is 0 Å². The van der Waals surface area contributed by atoms with Gasteiger partial charge in [-0.05, 0) is 34.7 Å². The molecule has 2 rings (SSSR count). The number of hydrogen-bond acceptors (Lipinski definition) is 1. The van der Waals surface area contributed by atoms with Crippen LogP contribution in [0.15, 0.2) is 53.5 Å². The minimum Gasteiger partial charge on any atom is -0.308 e. The molecule has 5 heteroatoms. The highest BCUT2D eigenvalue weighted by molar-refractivity contribution is 14.1. The summed E-state index contributed by atoms with van der Waals surface area (Å²) in [6.07, 6.45) is 1.38. The number of halogens is 3. The lowest BCUT2D eigenvalue weighted by molar-refractivity contribution is -0.0232. The first-order valence-corrected chi connectivity index (χ1v) is 6.37. The summed E-state index contributed by atoms with van der Waals surface area (Å²) >= 11 is 1.84. The molecule has 1 aromatic heterocycles. The molecule has 2 aromatic rings. The van der Waals surface area contributed by atoms with Crippen LogP contribution in [0.4, 0.5) is 8.78 Å². The summed E-state index contributed by atoms with van der Waals surface area (Å²) in [4.78, 5) is 11.7. The molecule has 18 heavy (non-hydrogen) atoms. The third-order valence-electron chi connectivity index (χ3n) is 2.54. The van der Waals surface area contributed by atoms with Gasteiger partial charge in [0.25, 0.3) is 11.5 Å². The van der Waals surface area contributed by atoms with Crippen LogP contribution in [0.25, 0.3) is 0 Å². The molecule has 0 bridgehead atoms. The summed E-state index contributed by atoms with van der Waals surface area (Å²) in [5.41, 5.74) is -0.482. The largest absolute Gasteiger partial charge is 0.308 e. The van der Waals surface area contributed by atoms with Crippen molar-refractivity contribution in [1.29, 1.82) is 0 Å². The zero-order valence-corrected chi connectivity index (χ0v) is 11.5.